The van der Waals surface area contributed by atoms with Gasteiger partial charge in [-0.05, 0) is 17.5 Å². The summed E-state index contributed by atoms with van der Waals surface area (Å²) in [5.41, 5.74) is 1.60. The summed E-state index contributed by atoms with van der Waals surface area (Å²) in [7, 11) is 0. The minimum atomic E-state index is -0.777. The van der Waals surface area contributed by atoms with E-state index in [0.29, 0.717) is 12.1 Å². The smallest absolute Gasteiger partial charge is 0.408 e. The lowest BCUT2D eigenvalue weighted by molar-refractivity contribution is -0.123. The van der Waals surface area contributed by atoms with Gasteiger partial charge in [0.15, 0.2) is 0 Å². The Bertz CT molecular complexity index is 644. The predicted octanol–water partition coefficient (Wildman–Crippen LogP) is 3.18. The molecule has 0 bridgehead atoms. The van der Waals surface area contributed by atoms with Crippen LogP contribution in [-0.2, 0) is 16.1 Å². The van der Waals surface area contributed by atoms with Crippen LogP contribution in [0.5, 0.6) is 0 Å². The second kappa shape index (κ2) is 9.35. The minimum Gasteiger partial charge on any atom is -0.445 e. The fraction of sp³-hybridized carbons (Fsp3) is 0.263. The fourth-order valence-corrected chi connectivity index (χ4v) is 2.18. The van der Waals surface area contributed by atoms with Crippen molar-refractivity contribution in [3.63, 3.8) is 0 Å². The number of carbonyl (C=O) groups is 2. The molecule has 2 aromatic carbocycles. The second-order valence-electron chi connectivity index (χ2n) is 5.34. The first kappa shape index (κ1) is 17.5. The van der Waals surface area contributed by atoms with Gasteiger partial charge in [0, 0.05) is 6.54 Å². The molecule has 0 aromatic heterocycles. The van der Waals surface area contributed by atoms with Crippen LogP contribution in [0.25, 0.3) is 0 Å². The average Bonchev–Trinajstić information content (AvgIpc) is 2.64. The van der Waals surface area contributed by atoms with E-state index >= 15 is 0 Å². The predicted molar refractivity (Wildman–Crippen MR) is 92.2 cm³/mol. The molecule has 2 aromatic rings. The monoisotopic (exact) mass is 326 g/mol. The van der Waals surface area contributed by atoms with Crippen LogP contribution in [0.3, 0.4) is 0 Å². The van der Waals surface area contributed by atoms with Crippen molar-refractivity contribution in [1.29, 1.82) is 0 Å². The van der Waals surface area contributed by atoms with Crippen LogP contribution in [-0.4, -0.2) is 18.5 Å². The number of hydrogen-bond acceptors (Lipinski definition) is 3. The Morgan fingerprint density at radius 2 is 1.62 bits per heavy atom. The van der Waals surface area contributed by atoms with E-state index in [9.17, 15) is 9.59 Å². The lowest BCUT2D eigenvalue weighted by atomic mass is 10.1. The normalized spacial score (nSPS) is 11.4. The van der Waals surface area contributed by atoms with Crippen molar-refractivity contribution in [3.05, 3.63) is 71.8 Å². The maximum absolute atomic E-state index is 12.3. The van der Waals surface area contributed by atoms with Gasteiger partial charge in [-0.3, -0.25) is 4.79 Å². The fourth-order valence-electron chi connectivity index (χ4n) is 2.18. The highest BCUT2D eigenvalue weighted by Gasteiger charge is 2.22. The van der Waals surface area contributed by atoms with E-state index in [1.54, 1.807) is 12.1 Å². The van der Waals surface area contributed by atoms with Gasteiger partial charge in [-0.2, -0.15) is 0 Å². The van der Waals surface area contributed by atoms with Gasteiger partial charge >= 0.3 is 6.09 Å². The van der Waals surface area contributed by atoms with Crippen molar-refractivity contribution < 1.29 is 14.3 Å². The molecule has 0 spiro atoms. The Labute approximate surface area is 142 Å². The first-order valence-corrected chi connectivity index (χ1v) is 8.00. The highest BCUT2D eigenvalue weighted by molar-refractivity contribution is 5.86. The van der Waals surface area contributed by atoms with Crippen molar-refractivity contribution in [1.82, 2.24) is 10.6 Å². The third-order valence-corrected chi connectivity index (χ3v) is 3.42. The van der Waals surface area contributed by atoms with Crippen molar-refractivity contribution in [3.8, 4) is 0 Å². The molecular weight excluding hydrogens is 304 g/mol. The summed E-state index contributed by atoms with van der Waals surface area (Å²) in [6.07, 6.45) is 0.200. The van der Waals surface area contributed by atoms with Crippen molar-refractivity contribution in [2.45, 2.75) is 26.0 Å². The van der Waals surface area contributed by atoms with E-state index in [4.69, 9.17) is 4.74 Å². The quantitative estimate of drug-likeness (QED) is 0.821. The Morgan fingerprint density at radius 1 is 1.00 bits per heavy atom. The molecule has 0 radical (unpaired) electrons. The van der Waals surface area contributed by atoms with Crippen LogP contribution in [0.1, 0.15) is 30.5 Å². The van der Waals surface area contributed by atoms with Crippen LogP contribution in [0.2, 0.25) is 0 Å². The molecule has 0 unspecified atom stereocenters. The molecule has 1 atom stereocenters. The number of nitrogens with one attached hydrogen (secondary N) is 2. The molecule has 0 fully saturated rings. The molecule has 2 N–H and O–H groups in total. The zero-order valence-electron chi connectivity index (χ0n) is 13.7. The Hall–Kier alpha value is -2.82. The van der Waals surface area contributed by atoms with Crippen molar-refractivity contribution in [2.24, 2.45) is 0 Å². The van der Waals surface area contributed by atoms with E-state index in [2.05, 4.69) is 10.6 Å². The molecular formula is C19H22N2O3. The summed E-state index contributed by atoms with van der Waals surface area (Å²) in [5.74, 6) is -0.250. The van der Waals surface area contributed by atoms with Gasteiger partial charge in [0.05, 0.1) is 0 Å². The number of alkyl carbamates (subject to hydrolysis) is 1. The Morgan fingerprint density at radius 3 is 2.25 bits per heavy atom. The maximum atomic E-state index is 12.3. The topological polar surface area (TPSA) is 67.4 Å². The van der Waals surface area contributed by atoms with Gasteiger partial charge in [-0.1, -0.05) is 67.6 Å². The van der Waals surface area contributed by atoms with Gasteiger partial charge in [0.2, 0.25) is 5.91 Å². The number of rotatable bonds is 7. The number of amides is 2. The molecule has 24 heavy (non-hydrogen) atoms. The van der Waals surface area contributed by atoms with Crippen LogP contribution in [0.4, 0.5) is 4.79 Å². The molecule has 0 aliphatic carbocycles. The molecule has 0 aliphatic rings. The molecule has 126 valence electrons. The molecule has 2 rings (SSSR count). The second-order valence-corrected chi connectivity index (χ2v) is 5.34. The van der Waals surface area contributed by atoms with Gasteiger partial charge in [-0.15, -0.1) is 0 Å². The van der Waals surface area contributed by atoms with Crippen LogP contribution in [0.15, 0.2) is 60.7 Å². The highest BCUT2D eigenvalue weighted by atomic mass is 16.5. The van der Waals surface area contributed by atoms with Crippen LogP contribution in [0, 0.1) is 0 Å². The molecule has 0 saturated carbocycles. The standard InChI is InChI=1S/C19H22N2O3/c1-2-13-20-18(22)17(16-11-7-4-8-12-16)21-19(23)24-14-15-9-5-3-6-10-15/h3-12,17H,2,13-14H2,1H3,(H,20,22)(H,21,23)/t17-/m0/s1. The van der Waals surface area contributed by atoms with Crippen LogP contribution < -0.4 is 10.6 Å². The lowest BCUT2D eigenvalue weighted by Crippen LogP contribution is -2.40. The molecule has 0 heterocycles. The van der Waals surface area contributed by atoms with Gasteiger partial charge in [0.25, 0.3) is 0 Å². The SMILES string of the molecule is CCCNC(=O)[C@@H](NC(=O)OCc1ccccc1)c1ccccc1. The highest BCUT2D eigenvalue weighted by Crippen LogP contribution is 2.13. The first-order valence-electron chi connectivity index (χ1n) is 8.00. The van der Waals surface area contributed by atoms with Gasteiger partial charge in [0.1, 0.15) is 12.6 Å². The average molecular weight is 326 g/mol. The van der Waals surface area contributed by atoms with Gasteiger partial charge in [-0.25, -0.2) is 4.79 Å². The zero-order chi connectivity index (χ0) is 17.2. The van der Waals surface area contributed by atoms with Crippen molar-refractivity contribution >= 4 is 12.0 Å². The third-order valence-electron chi connectivity index (χ3n) is 3.42. The molecule has 5 heteroatoms. The summed E-state index contributed by atoms with van der Waals surface area (Å²) in [4.78, 5) is 24.4. The van der Waals surface area contributed by atoms with E-state index in [1.807, 2.05) is 55.5 Å². The Balaban J connectivity index is 1.99. The largest absolute Gasteiger partial charge is 0.445 e. The lowest BCUT2D eigenvalue weighted by Gasteiger charge is -2.18. The van der Waals surface area contributed by atoms with Crippen molar-refractivity contribution in [2.75, 3.05) is 6.54 Å². The minimum absolute atomic E-state index is 0.158. The Kier molecular flexibility index (Phi) is 6.83. The molecule has 2 amide bonds. The summed E-state index contributed by atoms with van der Waals surface area (Å²) < 4.78 is 5.20. The number of hydrogen-bond donors (Lipinski definition) is 2. The van der Waals surface area contributed by atoms with E-state index in [0.717, 1.165) is 12.0 Å². The zero-order valence-corrected chi connectivity index (χ0v) is 13.7. The van der Waals surface area contributed by atoms with Gasteiger partial charge < -0.3 is 15.4 Å². The number of benzene rings is 2. The summed E-state index contributed by atoms with van der Waals surface area (Å²) in [6, 6.07) is 17.7. The molecule has 5 nitrogen and oxygen atoms in total. The van der Waals surface area contributed by atoms with E-state index < -0.39 is 12.1 Å². The van der Waals surface area contributed by atoms with E-state index in [1.165, 1.54) is 0 Å². The third kappa shape index (κ3) is 5.43. The summed E-state index contributed by atoms with van der Waals surface area (Å²) in [6.45, 7) is 2.69. The summed E-state index contributed by atoms with van der Waals surface area (Å²) in [5, 5.41) is 5.44. The van der Waals surface area contributed by atoms with E-state index in [-0.39, 0.29) is 12.5 Å². The molecule has 0 saturated heterocycles. The summed E-state index contributed by atoms with van der Waals surface area (Å²) >= 11 is 0. The maximum Gasteiger partial charge on any atom is 0.408 e. The molecule has 0 aliphatic heterocycles. The van der Waals surface area contributed by atoms with Crippen LogP contribution >= 0.6 is 0 Å². The first-order chi connectivity index (χ1) is 11.7. The number of carbonyl (C=O) groups excluding carboxylic acids is 2. The number of ether oxygens (including phenoxy) is 1.